The lowest BCUT2D eigenvalue weighted by molar-refractivity contribution is -0.139. The van der Waals surface area contributed by atoms with Crippen molar-refractivity contribution in [3.63, 3.8) is 0 Å². The van der Waals surface area contributed by atoms with E-state index in [2.05, 4.69) is 15.8 Å². The van der Waals surface area contributed by atoms with Crippen LogP contribution >= 0.6 is 23.2 Å². The van der Waals surface area contributed by atoms with Gasteiger partial charge in [-0.1, -0.05) is 23.2 Å². The molecule has 0 aliphatic rings. The van der Waals surface area contributed by atoms with E-state index in [0.29, 0.717) is 16.7 Å². The van der Waals surface area contributed by atoms with E-state index in [1.54, 1.807) is 18.2 Å². The van der Waals surface area contributed by atoms with E-state index in [1.165, 1.54) is 13.3 Å². The Morgan fingerprint density at radius 2 is 1.96 bits per heavy atom. The number of carbonyl (C=O) groups is 2. The lowest BCUT2D eigenvalue weighted by Gasteiger charge is -2.12. The quantitative estimate of drug-likeness (QED) is 0.332. The van der Waals surface area contributed by atoms with Crippen molar-refractivity contribution in [3.8, 4) is 5.69 Å². The SMILES string of the molecule is COCCNC(=O)C(=O)N/N=C\c1cc(C)n(-c2cc(Cl)ccc2Cl)c1C. The first-order valence-corrected chi connectivity index (χ1v) is 8.85. The van der Waals surface area contributed by atoms with Crippen LogP contribution in [0.1, 0.15) is 17.0 Å². The molecule has 27 heavy (non-hydrogen) atoms. The maximum Gasteiger partial charge on any atom is 0.329 e. The van der Waals surface area contributed by atoms with Crippen LogP contribution in [-0.4, -0.2) is 42.9 Å². The summed E-state index contributed by atoms with van der Waals surface area (Å²) in [4.78, 5) is 23.2. The predicted octanol–water partition coefficient (Wildman–Crippen LogP) is 2.61. The van der Waals surface area contributed by atoms with Gasteiger partial charge >= 0.3 is 11.8 Å². The zero-order valence-electron chi connectivity index (χ0n) is 15.2. The maximum absolute atomic E-state index is 11.7. The van der Waals surface area contributed by atoms with Crippen molar-refractivity contribution in [1.82, 2.24) is 15.3 Å². The van der Waals surface area contributed by atoms with Gasteiger partial charge in [0.05, 0.1) is 23.5 Å². The molecule has 0 spiro atoms. The molecular weight excluding hydrogens is 391 g/mol. The minimum atomic E-state index is -0.853. The number of hydrogen-bond donors (Lipinski definition) is 2. The molecule has 144 valence electrons. The number of nitrogens with zero attached hydrogens (tertiary/aromatic N) is 2. The van der Waals surface area contributed by atoms with Crippen LogP contribution in [-0.2, 0) is 14.3 Å². The first kappa shape index (κ1) is 21.0. The molecule has 0 atom stereocenters. The van der Waals surface area contributed by atoms with Crippen molar-refractivity contribution < 1.29 is 14.3 Å². The summed E-state index contributed by atoms with van der Waals surface area (Å²) in [5, 5.41) is 7.39. The first-order valence-electron chi connectivity index (χ1n) is 8.09. The topological polar surface area (TPSA) is 84.7 Å². The summed E-state index contributed by atoms with van der Waals surface area (Å²) in [5.41, 5.74) is 5.49. The molecular formula is C18H20Cl2N4O3. The number of amides is 2. The first-order chi connectivity index (χ1) is 12.8. The molecule has 2 rings (SSSR count). The molecule has 2 aromatic rings. The van der Waals surface area contributed by atoms with Crippen LogP contribution in [0.4, 0.5) is 0 Å². The molecule has 1 aromatic heterocycles. The van der Waals surface area contributed by atoms with Crippen molar-refractivity contribution >= 4 is 41.2 Å². The van der Waals surface area contributed by atoms with Crippen molar-refractivity contribution in [2.75, 3.05) is 20.3 Å². The Labute approximate surface area is 167 Å². The minimum Gasteiger partial charge on any atom is -0.383 e. The largest absolute Gasteiger partial charge is 0.383 e. The zero-order chi connectivity index (χ0) is 20.0. The molecule has 7 nitrogen and oxygen atoms in total. The second-order valence-corrected chi connectivity index (χ2v) is 6.55. The van der Waals surface area contributed by atoms with Crippen molar-refractivity contribution in [3.05, 3.63) is 51.3 Å². The lowest BCUT2D eigenvalue weighted by atomic mass is 10.2. The van der Waals surface area contributed by atoms with Crippen LogP contribution in [0, 0.1) is 13.8 Å². The Hall–Kier alpha value is -2.35. The highest BCUT2D eigenvalue weighted by Crippen LogP contribution is 2.28. The second kappa shape index (κ2) is 9.55. The van der Waals surface area contributed by atoms with E-state index >= 15 is 0 Å². The number of benzene rings is 1. The van der Waals surface area contributed by atoms with Gasteiger partial charge in [-0.15, -0.1) is 0 Å². The Bertz CT molecular complexity index is 878. The summed E-state index contributed by atoms with van der Waals surface area (Å²) < 4.78 is 6.73. The van der Waals surface area contributed by atoms with E-state index < -0.39 is 11.8 Å². The Morgan fingerprint density at radius 3 is 2.67 bits per heavy atom. The van der Waals surface area contributed by atoms with Gasteiger partial charge in [0, 0.05) is 35.6 Å². The molecule has 2 N–H and O–H groups in total. The van der Waals surface area contributed by atoms with Gasteiger partial charge in [-0.25, -0.2) is 5.43 Å². The zero-order valence-corrected chi connectivity index (χ0v) is 16.7. The number of rotatable bonds is 6. The molecule has 0 fully saturated rings. The summed E-state index contributed by atoms with van der Waals surface area (Å²) in [5.74, 6) is -1.63. The molecule has 1 aromatic carbocycles. The Kier molecular flexibility index (Phi) is 7.41. The molecule has 0 aliphatic carbocycles. The van der Waals surface area contributed by atoms with Gasteiger partial charge in [0.25, 0.3) is 0 Å². The third-order valence-corrected chi connectivity index (χ3v) is 4.34. The number of carbonyl (C=O) groups excluding carboxylic acids is 2. The molecule has 0 aliphatic heterocycles. The summed E-state index contributed by atoms with van der Waals surface area (Å²) in [6.45, 7) is 4.38. The van der Waals surface area contributed by atoms with Gasteiger partial charge < -0.3 is 14.6 Å². The third-order valence-electron chi connectivity index (χ3n) is 3.79. The van der Waals surface area contributed by atoms with Crippen molar-refractivity contribution in [2.45, 2.75) is 13.8 Å². The fourth-order valence-corrected chi connectivity index (χ4v) is 2.87. The highest BCUT2D eigenvalue weighted by Gasteiger charge is 2.14. The highest BCUT2D eigenvalue weighted by atomic mass is 35.5. The standard InChI is InChI=1S/C18H20Cl2N4O3/c1-11-8-13(10-22-23-18(26)17(25)21-6-7-27-3)12(2)24(11)16-9-14(19)4-5-15(16)20/h4-5,8-10H,6-7H2,1-3H3,(H,21,25)(H,23,26)/b22-10-. The van der Waals surface area contributed by atoms with Crippen LogP contribution in [0.3, 0.4) is 0 Å². The summed E-state index contributed by atoms with van der Waals surface area (Å²) in [7, 11) is 1.50. The number of methoxy groups -OCH3 is 1. The fourth-order valence-electron chi connectivity index (χ4n) is 2.50. The summed E-state index contributed by atoms with van der Waals surface area (Å²) in [6, 6.07) is 7.11. The van der Waals surface area contributed by atoms with E-state index in [1.807, 2.05) is 24.5 Å². The predicted molar refractivity (Wildman–Crippen MR) is 106 cm³/mol. The van der Waals surface area contributed by atoms with Gasteiger partial charge in [-0.05, 0) is 38.1 Å². The summed E-state index contributed by atoms with van der Waals surface area (Å²) in [6.07, 6.45) is 1.47. The number of nitrogens with one attached hydrogen (secondary N) is 2. The molecule has 1 heterocycles. The summed E-state index contributed by atoms with van der Waals surface area (Å²) >= 11 is 12.4. The van der Waals surface area contributed by atoms with Crippen molar-refractivity contribution in [1.29, 1.82) is 0 Å². The van der Waals surface area contributed by atoms with Gasteiger partial charge in [-0.3, -0.25) is 9.59 Å². The smallest absolute Gasteiger partial charge is 0.329 e. The van der Waals surface area contributed by atoms with E-state index in [4.69, 9.17) is 27.9 Å². The van der Waals surface area contributed by atoms with Crippen LogP contribution in [0.25, 0.3) is 5.69 Å². The lowest BCUT2D eigenvalue weighted by Crippen LogP contribution is -2.39. The van der Waals surface area contributed by atoms with Crippen LogP contribution in [0.5, 0.6) is 0 Å². The van der Waals surface area contributed by atoms with Gasteiger partial charge in [0.1, 0.15) is 0 Å². The third kappa shape index (κ3) is 5.32. The molecule has 9 heteroatoms. The van der Waals surface area contributed by atoms with Crippen LogP contribution in [0.2, 0.25) is 10.0 Å². The molecule has 0 radical (unpaired) electrons. The van der Waals surface area contributed by atoms with Gasteiger partial charge in [0.15, 0.2) is 0 Å². The van der Waals surface area contributed by atoms with E-state index in [0.717, 1.165) is 22.6 Å². The van der Waals surface area contributed by atoms with Gasteiger partial charge in [-0.2, -0.15) is 5.10 Å². The molecule has 2 amide bonds. The fraction of sp³-hybridized carbons (Fsp3) is 0.278. The maximum atomic E-state index is 11.7. The minimum absolute atomic E-state index is 0.244. The molecule has 0 bridgehead atoms. The van der Waals surface area contributed by atoms with Crippen molar-refractivity contribution in [2.24, 2.45) is 5.10 Å². The van der Waals surface area contributed by atoms with Crippen LogP contribution < -0.4 is 10.7 Å². The average Bonchev–Trinajstić information content (AvgIpc) is 2.91. The number of hydrogen-bond acceptors (Lipinski definition) is 4. The van der Waals surface area contributed by atoms with E-state index in [9.17, 15) is 9.59 Å². The Balaban J connectivity index is 2.12. The molecule has 0 saturated heterocycles. The molecule has 0 saturated carbocycles. The average molecular weight is 411 g/mol. The Morgan fingerprint density at radius 1 is 1.22 bits per heavy atom. The van der Waals surface area contributed by atoms with Gasteiger partial charge in [0.2, 0.25) is 0 Å². The highest BCUT2D eigenvalue weighted by molar-refractivity contribution is 6.35. The van der Waals surface area contributed by atoms with E-state index in [-0.39, 0.29) is 6.54 Å². The number of aromatic nitrogens is 1. The molecule has 0 unspecified atom stereocenters. The number of aryl methyl sites for hydroxylation is 1. The normalized spacial score (nSPS) is 11.0. The van der Waals surface area contributed by atoms with Crippen LogP contribution in [0.15, 0.2) is 29.4 Å². The second-order valence-electron chi connectivity index (χ2n) is 5.71. The number of ether oxygens (including phenoxy) is 1. The number of hydrazone groups is 1. The number of halogens is 2. The monoisotopic (exact) mass is 410 g/mol.